The lowest BCUT2D eigenvalue weighted by Crippen LogP contribution is -2.49. The zero-order valence-electron chi connectivity index (χ0n) is 11.3. The lowest BCUT2D eigenvalue weighted by atomic mass is 9.90. The minimum atomic E-state index is -0.486. The highest BCUT2D eigenvalue weighted by Gasteiger charge is 2.43. The summed E-state index contributed by atoms with van der Waals surface area (Å²) in [5.41, 5.74) is -0.801. The fourth-order valence-electron chi connectivity index (χ4n) is 2.42. The van der Waals surface area contributed by atoms with Gasteiger partial charge in [-0.05, 0) is 40.0 Å². The Balaban J connectivity index is 2.80. The molecule has 0 bridgehead atoms. The van der Waals surface area contributed by atoms with E-state index < -0.39 is 5.60 Å². The van der Waals surface area contributed by atoms with Crippen molar-refractivity contribution in [1.82, 2.24) is 4.90 Å². The van der Waals surface area contributed by atoms with Gasteiger partial charge in [0, 0.05) is 13.0 Å². The Morgan fingerprint density at radius 3 is 2.59 bits per heavy atom. The number of likely N-dealkylation sites (tertiary alicyclic amines) is 1. The molecule has 1 heterocycles. The Hall–Kier alpha value is -1.06. The lowest BCUT2D eigenvalue weighted by molar-refractivity contribution is -0.110. The molecule has 1 unspecified atom stereocenters. The van der Waals surface area contributed by atoms with Gasteiger partial charge >= 0.3 is 6.09 Å². The second-order valence-electron chi connectivity index (χ2n) is 5.68. The molecule has 1 aliphatic heterocycles. The first-order valence-corrected chi connectivity index (χ1v) is 6.29. The monoisotopic (exact) mass is 241 g/mol. The third-order valence-corrected chi connectivity index (χ3v) is 3.33. The van der Waals surface area contributed by atoms with Crippen molar-refractivity contribution in [3.05, 3.63) is 0 Å². The van der Waals surface area contributed by atoms with Gasteiger partial charge in [0.25, 0.3) is 0 Å². The topological polar surface area (TPSA) is 46.6 Å². The van der Waals surface area contributed by atoms with E-state index in [0.717, 1.165) is 25.5 Å². The van der Waals surface area contributed by atoms with Crippen LogP contribution in [0, 0.1) is 0 Å². The molecule has 1 amide bonds. The minimum Gasteiger partial charge on any atom is -0.444 e. The molecule has 0 N–H and O–H groups in total. The number of carbonyl (C=O) groups is 2. The smallest absolute Gasteiger partial charge is 0.410 e. The maximum atomic E-state index is 12.1. The van der Waals surface area contributed by atoms with Gasteiger partial charge in [-0.2, -0.15) is 0 Å². The molecule has 1 atom stereocenters. The Kier molecular flexibility index (Phi) is 4.17. The summed E-state index contributed by atoms with van der Waals surface area (Å²) >= 11 is 0. The zero-order chi connectivity index (χ0) is 13.1. The molecule has 0 aliphatic carbocycles. The first-order chi connectivity index (χ1) is 7.84. The van der Waals surface area contributed by atoms with E-state index >= 15 is 0 Å². The number of aldehydes is 1. The molecule has 0 radical (unpaired) electrons. The van der Waals surface area contributed by atoms with Crippen molar-refractivity contribution in [3.63, 3.8) is 0 Å². The summed E-state index contributed by atoms with van der Waals surface area (Å²) in [6.07, 6.45) is 3.65. The number of carbonyl (C=O) groups excluding carboxylic acids is 2. The number of nitrogens with zero attached hydrogens (tertiary/aromatic N) is 1. The van der Waals surface area contributed by atoms with Crippen LogP contribution in [0.5, 0.6) is 0 Å². The number of rotatable bonds is 3. The average molecular weight is 241 g/mol. The third kappa shape index (κ3) is 3.20. The predicted octanol–water partition coefficient (Wildman–Crippen LogP) is 2.76. The van der Waals surface area contributed by atoms with Gasteiger partial charge in [0.15, 0.2) is 0 Å². The van der Waals surface area contributed by atoms with Crippen LogP contribution in [0.1, 0.15) is 53.4 Å². The number of ether oxygens (including phenoxy) is 1. The van der Waals surface area contributed by atoms with Gasteiger partial charge in [-0.1, -0.05) is 6.92 Å². The van der Waals surface area contributed by atoms with E-state index in [1.807, 2.05) is 27.7 Å². The summed E-state index contributed by atoms with van der Waals surface area (Å²) in [7, 11) is 0. The maximum Gasteiger partial charge on any atom is 0.410 e. The fraction of sp³-hybridized carbons (Fsp3) is 0.846. The van der Waals surface area contributed by atoms with E-state index in [9.17, 15) is 9.59 Å². The summed E-state index contributed by atoms with van der Waals surface area (Å²) in [6.45, 7) is 8.28. The van der Waals surface area contributed by atoms with Crippen LogP contribution in [0.3, 0.4) is 0 Å². The predicted molar refractivity (Wildman–Crippen MR) is 65.9 cm³/mol. The van der Waals surface area contributed by atoms with Crippen LogP contribution in [0.2, 0.25) is 0 Å². The zero-order valence-corrected chi connectivity index (χ0v) is 11.3. The molecule has 4 nitrogen and oxygen atoms in total. The van der Waals surface area contributed by atoms with Gasteiger partial charge in [-0.15, -0.1) is 0 Å². The van der Waals surface area contributed by atoms with Crippen LogP contribution in [-0.4, -0.2) is 35.0 Å². The lowest BCUT2D eigenvalue weighted by Gasteiger charge is -2.37. The molecule has 0 aromatic carbocycles. The highest BCUT2D eigenvalue weighted by Crippen LogP contribution is 2.35. The highest BCUT2D eigenvalue weighted by atomic mass is 16.6. The molecule has 1 saturated heterocycles. The maximum absolute atomic E-state index is 12.1. The van der Waals surface area contributed by atoms with Crippen molar-refractivity contribution in [2.24, 2.45) is 0 Å². The van der Waals surface area contributed by atoms with Gasteiger partial charge in [-0.3, -0.25) is 0 Å². The summed E-state index contributed by atoms with van der Waals surface area (Å²) in [6, 6.07) is 0. The van der Waals surface area contributed by atoms with Crippen LogP contribution in [0.4, 0.5) is 4.79 Å². The standard InChI is InChI=1S/C13H23NO3/c1-5-13(8-10-15)7-6-9-14(13)11(16)17-12(2,3)4/h10H,5-9H2,1-4H3. The van der Waals surface area contributed by atoms with Crippen molar-refractivity contribution in [3.8, 4) is 0 Å². The first kappa shape index (κ1) is 14.0. The summed E-state index contributed by atoms with van der Waals surface area (Å²) in [5.74, 6) is 0. The molecule has 98 valence electrons. The SMILES string of the molecule is CCC1(CC=O)CCCN1C(=O)OC(C)(C)C. The molecule has 0 aromatic heterocycles. The minimum absolute atomic E-state index is 0.293. The molecule has 0 aromatic rings. The van der Waals surface area contributed by atoms with Gasteiger partial charge < -0.3 is 14.4 Å². The normalized spacial score (nSPS) is 24.8. The quantitative estimate of drug-likeness (QED) is 0.714. The van der Waals surface area contributed by atoms with Crippen LogP contribution >= 0.6 is 0 Å². The Morgan fingerprint density at radius 1 is 1.47 bits per heavy atom. The molecule has 4 heteroatoms. The molecule has 17 heavy (non-hydrogen) atoms. The highest BCUT2D eigenvalue weighted by molar-refractivity contribution is 5.70. The number of amides is 1. The van der Waals surface area contributed by atoms with E-state index in [-0.39, 0.29) is 11.6 Å². The van der Waals surface area contributed by atoms with Gasteiger partial charge in [0.2, 0.25) is 0 Å². The van der Waals surface area contributed by atoms with Crippen molar-refractivity contribution in [2.75, 3.05) is 6.54 Å². The van der Waals surface area contributed by atoms with Crippen molar-refractivity contribution < 1.29 is 14.3 Å². The number of hydrogen-bond donors (Lipinski definition) is 0. The van der Waals surface area contributed by atoms with Crippen molar-refractivity contribution >= 4 is 12.4 Å². The van der Waals surface area contributed by atoms with Crippen LogP contribution in [0.15, 0.2) is 0 Å². The molecule has 1 rings (SSSR count). The molecule has 0 saturated carbocycles. The van der Waals surface area contributed by atoms with Crippen molar-refractivity contribution in [1.29, 1.82) is 0 Å². The molecular formula is C13H23NO3. The van der Waals surface area contributed by atoms with Gasteiger partial charge in [0.05, 0.1) is 5.54 Å². The van der Waals surface area contributed by atoms with Crippen LogP contribution in [-0.2, 0) is 9.53 Å². The molecular weight excluding hydrogens is 218 g/mol. The van der Waals surface area contributed by atoms with E-state index in [1.165, 1.54) is 0 Å². The summed E-state index contributed by atoms with van der Waals surface area (Å²) in [5, 5.41) is 0. The van der Waals surface area contributed by atoms with Gasteiger partial charge in [0.1, 0.15) is 11.9 Å². The largest absolute Gasteiger partial charge is 0.444 e. The third-order valence-electron chi connectivity index (χ3n) is 3.33. The summed E-state index contributed by atoms with van der Waals surface area (Å²) in [4.78, 5) is 24.6. The van der Waals surface area contributed by atoms with Crippen molar-refractivity contribution in [2.45, 2.75) is 64.5 Å². The first-order valence-electron chi connectivity index (χ1n) is 6.29. The summed E-state index contributed by atoms with van der Waals surface area (Å²) < 4.78 is 5.40. The Labute approximate surface area is 103 Å². The second kappa shape index (κ2) is 5.07. The van der Waals surface area contributed by atoms with Crippen LogP contribution in [0.25, 0.3) is 0 Å². The van der Waals surface area contributed by atoms with Gasteiger partial charge in [-0.25, -0.2) is 4.79 Å². The van der Waals surface area contributed by atoms with Crippen LogP contribution < -0.4 is 0 Å². The molecule has 1 fully saturated rings. The molecule has 0 spiro atoms. The second-order valence-corrected chi connectivity index (χ2v) is 5.68. The van der Waals surface area contributed by atoms with E-state index in [2.05, 4.69) is 0 Å². The van der Waals surface area contributed by atoms with E-state index in [4.69, 9.17) is 4.74 Å². The van der Waals surface area contributed by atoms with E-state index in [1.54, 1.807) is 4.90 Å². The average Bonchev–Trinajstić information content (AvgIpc) is 2.60. The number of hydrogen-bond acceptors (Lipinski definition) is 3. The Morgan fingerprint density at radius 2 is 2.12 bits per heavy atom. The van der Waals surface area contributed by atoms with E-state index in [0.29, 0.717) is 13.0 Å². The molecule has 1 aliphatic rings. The fourth-order valence-corrected chi connectivity index (χ4v) is 2.42. The Bertz CT molecular complexity index is 296.